The van der Waals surface area contributed by atoms with E-state index in [0.717, 1.165) is 25.6 Å². The van der Waals surface area contributed by atoms with Gasteiger partial charge in [-0.1, -0.05) is 91.0 Å². The molecule has 128 heavy (non-hydrogen) atoms. The van der Waals surface area contributed by atoms with Crippen LogP contribution >= 0.6 is 12.6 Å². The molecule has 4 saturated heterocycles. The smallest absolute Gasteiger partial charge is 0.326 e. The fourth-order valence-electron chi connectivity index (χ4n) is 16.5. The normalized spacial score (nSPS) is 18.1. The monoisotopic (exact) mass is 1780 g/mol. The van der Waals surface area contributed by atoms with Crippen molar-refractivity contribution in [1.82, 2.24) is 82.7 Å². The van der Waals surface area contributed by atoms with Crippen molar-refractivity contribution in [3.63, 3.8) is 0 Å². The van der Waals surface area contributed by atoms with Crippen LogP contribution in [0.2, 0.25) is 0 Å². The van der Waals surface area contributed by atoms with Gasteiger partial charge in [0.05, 0.1) is 25.6 Å². The number of hydrogen-bond donors (Lipinski definition) is 19. The van der Waals surface area contributed by atoms with E-state index < -0.39 is 211 Å². The molecule has 0 spiro atoms. The maximum atomic E-state index is 14.8. The van der Waals surface area contributed by atoms with Crippen LogP contribution in [0, 0.1) is 0 Å². The SMILES string of the molecule is C[C@H](NC(=O)[C@@H]1CCCN1C(=O)[C@H](CC(=O)O)NC(=O)[C@H](Cc1ccccc1)NC(=O)[C@@H]1CCCN1C(=O)[C@H](CCC(N)=O)NC(=O)CNC(=O)[C@@H]1CCCN1C(=O)[C@H](CS)NC(=O)[C@H](Cc1c[nH]c2ccccc12)NC(=O)[C@H](Cc1ccc(O)cc1)NC(=O)[C@@H](N)Cc1ccc(O)cc1)C(=O)N[C@@H](Cc1c[nH]c2ccccc12)C(=O)NCC(=O)N1CCC[C@H]1C(=O)O. The molecule has 40 heteroatoms. The summed E-state index contributed by atoms with van der Waals surface area (Å²) < 4.78 is 0. The van der Waals surface area contributed by atoms with Crippen LogP contribution in [-0.2, 0) is 114 Å². The first-order chi connectivity index (χ1) is 61.3. The summed E-state index contributed by atoms with van der Waals surface area (Å²) in [7, 11) is 0. The van der Waals surface area contributed by atoms with E-state index in [1.165, 1.54) is 36.1 Å². The number of amides is 15. The van der Waals surface area contributed by atoms with Gasteiger partial charge >= 0.3 is 11.9 Å². The van der Waals surface area contributed by atoms with Gasteiger partial charge in [-0.25, -0.2) is 4.79 Å². The van der Waals surface area contributed by atoms with Gasteiger partial charge < -0.3 is 115 Å². The van der Waals surface area contributed by atoms with Crippen LogP contribution in [0.5, 0.6) is 11.5 Å². The molecule has 15 amide bonds. The molecule has 39 nitrogen and oxygen atoms in total. The Labute approximate surface area is 739 Å². The van der Waals surface area contributed by atoms with Crippen molar-refractivity contribution in [2.75, 3.05) is 45.0 Å². The lowest BCUT2D eigenvalue weighted by Gasteiger charge is -2.31. The van der Waals surface area contributed by atoms with Gasteiger partial charge in [-0.2, -0.15) is 12.6 Å². The molecule has 20 N–H and O–H groups in total. The number of phenols is 2. The number of fused-ring (bicyclic) bond motifs is 2. The number of nitrogens with zero attached hydrogens (tertiary/aromatic N) is 4. The van der Waals surface area contributed by atoms with Crippen LogP contribution in [0.4, 0.5) is 0 Å². The van der Waals surface area contributed by atoms with Crippen molar-refractivity contribution in [3.05, 3.63) is 168 Å². The number of aliphatic carboxylic acids is 2. The third kappa shape index (κ3) is 25.0. The van der Waals surface area contributed by atoms with E-state index in [9.17, 15) is 102 Å². The summed E-state index contributed by atoms with van der Waals surface area (Å²) in [6.07, 6.45) is 2.29. The third-order valence-corrected chi connectivity index (χ3v) is 23.5. The van der Waals surface area contributed by atoms with Gasteiger partial charge in [0, 0.05) is 98.2 Å². The number of likely N-dealkylation sites (tertiary alicyclic amines) is 4. The first kappa shape index (κ1) is 94.7. The van der Waals surface area contributed by atoms with Crippen molar-refractivity contribution in [3.8, 4) is 11.5 Å². The molecule has 6 heterocycles. The van der Waals surface area contributed by atoms with Crippen LogP contribution in [0.25, 0.3) is 21.8 Å². The number of primary amides is 1. The van der Waals surface area contributed by atoms with Gasteiger partial charge in [-0.15, -0.1) is 0 Å². The number of aromatic hydroxyl groups is 2. The highest BCUT2D eigenvalue weighted by Crippen LogP contribution is 2.27. The number of benzene rings is 5. The molecule has 7 aromatic rings. The Bertz CT molecular complexity index is 5270. The first-order valence-electron chi connectivity index (χ1n) is 42.3. The van der Waals surface area contributed by atoms with Gasteiger partial charge in [0.15, 0.2) is 0 Å². The minimum Gasteiger partial charge on any atom is -0.508 e. The summed E-state index contributed by atoms with van der Waals surface area (Å²) in [5.74, 6) is -15.9. The highest BCUT2D eigenvalue weighted by molar-refractivity contribution is 7.80. The van der Waals surface area contributed by atoms with E-state index in [-0.39, 0.29) is 120 Å². The number of carbonyl (C=O) groups excluding carboxylic acids is 15. The van der Waals surface area contributed by atoms with Crippen LogP contribution in [0.3, 0.4) is 0 Å². The highest BCUT2D eigenvalue weighted by atomic mass is 32.1. The van der Waals surface area contributed by atoms with Crippen molar-refractivity contribution < 1.29 is 102 Å². The second kappa shape index (κ2) is 44.3. The maximum absolute atomic E-state index is 14.8. The molecular weight excluding hydrogens is 1680 g/mol. The molecule has 11 rings (SSSR count). The van der Waals surface area contributed by atoms with Crippen molar-refractivity contribution >= 4 is 135 Å². The van der Waals surface area contributed by atoms with E-state index in [1.807, 2.05) is 0 Å². The number of H-pyrrole nitrogens is 2. The molecule has 4 aliphatic heterocycles. The number of nitrogens with two attached hydrogens (primary N) is 2. The summed E-state index contributed by atoms with van der Waals surface area (Å²) in [6.45, 7) is -0.0814. The zero-order chi connectivity index (χ0) is 92.0. The number of hydrogen-bond acceptors (Lipinski definition) is 21. The number of thiol groups is 1. The predicted molar refractivity (Wildman–Crippen MR) is 464 cm³/mol. The second-order valence-corrected chi connectivity index (χ2v) is 32.6. The van der Waals surface area contributed by atoms with Gasteiger partial charge in [-0.3, -0.25) is 76.7 Å². The fraction of sp³-hybridized carbons (Fsp3) is 0.420. The van der Waals surface area contributed by atoms with Crippen molar-refractivity contribution in [2.45, 2.75) is 188 Å². The molecule has 0 unspecified atom stereocenters. The average Bonchev–Trinajstić information content (AvgIpc) is 1.61. The molecule has 4 fully saturated rings. The first-order valence-corrected chi connectivity index (χ1v) is 42.9. The summed E-state index contributed by atoms with van der Waals surface area (Å²) in [6, 6.07) is 16.4. The number of aromatic nitrogens is 2. The minimum absolute atomic E-state index is 0.00232. The van der Waals surface area contributed by atoms with Crippen LogP contribution in [0.15, 0.2) is 140 Å². The Morgan fingerprint density at radius 3 is 1.38 bits per heavy atom. The molecule has 0 radical (unpaired) electrons. The molecule has 0 aliphatic carbocycles. The van der Waals surface area contributed by atoms with E-state index in [0.29, 0.717) is 45.1 Å². The van der Waals surface area contributed by atoms with Gasteiger partial charge in [0.25, 0.3) is 0 Å². The Kier molecular flexibility index (Phi) is 32.8. The third-order valence-electron chi connectivity index (χ3n) is 23.2. The lowest BCUT2D eigenvalue weighted by Crippen LogP contribution is -2.60. The number of carbonyl (C=O) groups is 17. The molecule has 4 aliphatic rings. The summed E-state index contributed by atoms with van der Waals surface area (Å²) in [4.78, 5) is 248. The number of carboxylic acid groups (broad SMARTS) is 2. The quantitative estimate of drug-likeness (QED) is 0.0199. The molecule has 13 atom stereocenters. The van der Waals surface area contributed by atoms with E-state index in [1.54, 1.807) is 116 Å². The number of aromatic amines is 2. The van der Waals surface area contributed by atoms with Gasteiger partial charge in [-0.05, 0) is 135 Å². The van der Waals surface area contributed by atoms with E-state index >= 15 is 0 Å². The Hall–Kier alpha value is -13.9. The summed E-state index contributed by atoms with van der Waals surface area (Å²) >= 11 is 4.44. The van der Waals surface area contributed by atoms with Gasteiger partial charge in [0.1, 0.15) is 84.0 Å². The van der Waals surface area contributed by atoms with E-state index in [4.69, 9.17) is 11.5 Å². The highest BCUT2D eigenvalue weighted by Gasteiger charge is 2.45. The largest absolute Gasteiger partial charge is 0.508 e. The maximum Gasteiger partial charge on any atom is 0.326 e. The minimum atomic E-state index is -1.87. The topological polar surface area (TPSA) is 588 Å². The Morgan fingerprint density at radius 1 is 0.430 bits per heavy atom. The summed E-state index contributed by atoms with van der Waals surface area (Å²) in [5.41, 5.74) is 16.1. The standard InChI is InChI=1S/C88H106N18O21S/c1-48(76(114)97-64(40-52-43-91-59-17-7-5-15-56(52)59)78(116)94-46-74(111)103-33-12-22-71(103)88(126)127)95-83(121)69-20-10-36-106(69)86(124)66(42-75(112)113)101-80(118)63(38-49-13-3-2-4-14-49)100-84(122)70-21-11-35-105(70)85(123)61(31-32-72(90)109)96-73(110)45-93-82(120)68-19-9-34-104(68)87(125)67(47-128)102-81(119)65(41-53-44-92-60-18-8-6-16-57(53)60)99-79(117)62(39-51-25-29-55(108)30-26-51)98-77(115)58(89)37-50-23-27-54(107)28-24-50/h2-8,13-18,23-30,43-44,48,58,61-71,91-92,107-108,128H,9-12,19-22,31-42,45-47,89H2,1H3,(H2,90,109)(H,93,120)(H,94,116)(H,95,121)(H,96,110)(H,97,114)(H,98,115)(H,99,117)(H,100,122)(H,101,118)(H,102,119)(H,112,113)(H,126,127)/t48-,58-,61-,62-,63-,64-,65-,66-,67-,68-,69-,70-,71-/m0/s1. The lowest BCUT2D eigenvalue weighted by atomic mass is 10.0. The summed E-state index contributed by atoms with van der Waals surface area (Å²) in [5, 5.41) is 67.3. The molecule has 0 saturated carbocycles. The van der Waals surface area contributed by atoms with Crippen molar-refractivity contribution in [2.24, 2.45) is 11.5 Å². The Balaban J connectivity index is 0.711. The molecule has 5 aromatic carbocycles. The second-order valence-electron chi connectivity index (χ2n) is 32.3. The van der Waals surface area contributed by atoms with Crippen LogP contribution < -0.4 is 64.6 Å². The van der Waals surface area contributed by atoms with Crippen LogP contribution in [0.1, 0.15) is 105 Å². The lowest BCUT2D eigenvalue weighted by molar-refractivity contribution is -0.148. The number of nitrogens with one attached hydrogen (secondary N) is 12. The number of carboxylic acids is 2. The van der Waals surface area contributed by atoms with Gasteiger partial charge in [0.2, 0.25) is 88.6 Å². The zero-order valence-corrected chi connectivity index (χ0v) is 71.1. The Morgan fingerprint density at radius 2 is 0.852 bits per heavy atom. The predicted octanol–water partition coefficient (Wildman–Crippen LogP) is -1.25. The van der Waals surface area contributed by atoms with E-state index in [2.05, 4.69) is 75.8 Å². The zero-order valence-electron chi connectivity index (χ0n) is 70.2. The molecule has 0 bridgehead atoms. The number of rotatable bonds is 41. The number of para-hydroxylation sites is 2. The van der Waals surface area contributed by atoms with Crippen LogP contribution in [-0.4, -0.2) is 274 Å². The molecule has 680 valence electrons. The number of phenolic OH excluding ortho intramolecular Hbond substituents is 2. The molecular formula is C88H106N18O21S. The van der Waals surface area contributed by atoms with Crippen molar-refractivity contribution in [1.29, 1.82) is 0 Å². The molecule has 2 aromatic heterocycles. The average molecular weight is 1780 g/mol. The fourth-order valence-corrected chi connectivity index (χ4v) is 16.7.